The van der Waals surface area contributed by atoms with Crippen LogP contribution in [0.4, 0.5) is 0 Å². The Morgan fingerprint density at radius 3 is 2.71 bits per heavy atom. The molecule has 0 spiro atoms. The molecule has 1 aromatic heterocycles. The number of aromatic amines is 1. The van der Waals surface area contributed by atoms with E-state index in [9.17, 15) is 4.79 Å². The summed E-state index contributed by atoms with van der Waals surface area (Å²) in [5.74, 6) is 0.782. The zero-order valence-corrected chi connectivity index (χ0v) is 10.5. The van der Waals surface area contributed by atoms with Crippen LogP contribution in [-0.4, -0.2) is 17.3 Å². The van der Waals surface area contributed by atoms with E-state index in [4.69, 9.17) is 16.3 Å². The number of H-pyrrole nitrogens is 1. The maximum absolute atomic E-state index is 11.2. The number of methoxy groups -OCH3 is 1. The molecule has 1 N–H and O–H groups in total. The van der Waals surface area contributed by atoms with Gasteiger partial charge in [-0.1, -0.05) is 23.4 Å². The summed E-state index contributed by atoms with van der Waals surface area (Å²) in [6.45, 7) is 0. The zero-order chi connectivity index (χ0) is 12.3. The van der Waals surface area contributed by atoms with Crippen molar-refractivity contribution in [2.24, 2.45) is 0 Å². The van der Waals surface area contributed by atoms with Gasteiger partial charge in [0.1, 0.15) is 10.8 Å². The number of nitrogens with one attached hydrogen (secondary N) is 1. The number of benzene rings is 1. The van der Waals surface area contributed by atoms with Gasteiger partial charge in [0, 0.05) is 4.90 Å². The minimum absolute atomic E-state index is 0.154. The summed E-state index contributed by atoms with van der Waals surface area (Å²) in [5.41, 5.74) is -0.384. The fourth-order valence-electron chi connectivity index (χ4n) is 1.21. The first-order valence-corrected chi connectivity index (χ1v) is 5.95. The van der Waals surface area contributed by atoms with Crippen molar-refractivity contribution in [2.45, 2.75) is 9.79 Å². The largest absolute Gasteiger partial charge is 0.497 e. The lowest BCUT2D eigenvalue weighted by atomic mass is 10.3. The first kappa shape index (κ1) is 12.0. The van der Waals surface area contributed by atoms with Crippen LogP contribution >= 0.6 is 23.4 Å². The molecule has 0 radical (unpaired) electrons. The Morgan fingerprint density at radius 2 is 2.06 bits per heavy atom. The van der Waals surface area contributed by atoms with Gasteiger partial charge in [0.25, 0.3) is 5.56 Å². The van der Waals surface area contributed by atoms with Crippen molar-refractivity contribution in [3.63, 3.8) is 0 Å². The highest BCUT2D eigenvalue weighted by Crippen LogP contribution is 2.31. The highest BCUT2D eigenvalue weighted by molar-refractivity contribution is 7.99. The third kappa shape index (κ3) is 2.81. The zero-order valence-electron chi connectivity index (χ0n) is 8.94. The van der Waals surface area contributed by atoms with Gasteiger partial charge in [-0.3, -0.25) is 4.79 Å². The lowest BCUT2D eigenvalue weighted by Crippen LogP contribution is -2.08. The Balaban J connectivity index is 2.25. The fourth-order valence-corrected chi connectivity index (χ4v) is 2.23. The number of halogens is 1. The maximum Gasteiger partial charge on any atom is 0.284 e. The summed E-state index contributed by atoms with van der Waals surface area (Å²) < 4.78 is 5.06. The number of hydrogen-bond donors (Lipinski definition) is 1. The average molecular weight is 269 g/mol. The van der Waals surface area contributed by atoms with Crippen LogP contribution < -0.4 is 10.3 Å². The average Bonchev–Trinajstić information content (AvgIpc) is 2.36. The maximum atomic E-state index is 11.2. The van der Waals surface area contributed by atoms with Gasteiger partial charge >= 0.3 is 0 Å². The SMILES string of the molecule is COc1ccc(Sc2cn[nH]c(=O)c2Cl)cc1. The molecule has 88 valence electrons. The Kier molecular flexibility index (Phi) is 3.71. The third-order valence-corrected chi connectivity index (χ3v) is 3.58. The highest BCUT2D eigenvalue weighted by atomic mass is 35.5. The molecule has 0 saturated heterocycles. The smallest absolute Gasteiger partial charge is 0.284 e. The Bertz CT molecular complexity index is 568. The molecular weight excluding hydrogens is 260 g/mol. The molecule has 0 amide bonds. The van der Waals surface area contributed by atoms with E-state index in [0.29, 0.717) is 4.90 Å². The number of nitrogens with zero attached hydrogens (tertiary/aromatic N) is 1. The van der Waals surface area contributed by atoms with Gasteiger partial charge in [0.15, 0.2) is 0 Å². The van der Waals surface area contributed by atoms with Crippen molar-refractivity contribution in [3.05, 3.63) is 45.8 Å². The standard InChI is InChI=1S/C11H9ClN2O2S/c1-16-7-2-4-8(5-3-7)17-9-6-13-14-11(15)10(9)12/h2-6H,1H3,(H,14,15). The molecule has 2 rings (SSSR count). The van der Waals surface area contributed by atoms with Crippen molar-refractivity contribution in [3.8, 4) is 5.75 Å². The number of ether oxygens (including phenoxy) is 1. The Labute approximate surface area is 107 Å². The van der Waals surface area contributed by atoms with Crippen molar-refractivity contribution in [1.82, 2.24) is 10.2 Å². The van der Waals surface area contributed by atoms with Crippen LogP contribution in [0, 0.1) is 0 Å². The third-order valence-electron chi connectivity index (χ3n) is 2.05. The molecule has 0 aliphatic rings. The quantitative estimate of drug-likeness (QED) is 0.930. The van der Waals surface area contributed by atoms with Crippen LogP contribution in [-0.2, 0) is 0 Å². The monoisotopic (exact) mass is 268 g/mol. The highest BCUT2D eigenvalue weighted by Gasteiger charge is 2.06. The van der Waals surface area contributed by atoms with Gasteiger partial charge in [-0.05, 0) is 24.3 Å². The van der Waals surface area contributed by atoms with Crippen molar-refractivity contribution >= 4 is 23.4 Å². The molecule has 0 aliphatic heterocycles. The minimum Gasteiger partial charge on any atom is -0.497 e. The molecule has 0 aliphatic carbocycles. The molecule has 0 saturated carbocycles. The predicted octanol–water partition coefficient (Wildman–Crippen LogP) is 2.58. The van der Waals surface area contributed by atoms with E-state index in [1.54, 1.807) is 7.11 Å². The van der Waals surface area contributed by atoms with E-state index in [-0.39, 0.29) is 10.6 Å². The summed E-state index contributed by atoms with van der Waals surface area (Å²) in [6, 6.07) is 7.47. The summed E-state index contributed by atoms with van der Waals surface area (Å²) in [7, 11) is 1.61. The van der Waals surface area contributed by atoms with Gasteiger partial charge in [-0.2, -0.15) is 5.10 Å². The second-order valence-corrected chi connectivity index (χ2v) is 4.65. The summed E-state index contributed by atoms with van der Waals surface area (Å²) in [5, 5.41) is 6.13. The Hall–Kier alpha value is -1.46. The molecular formula is C11H9ClN2O2S. The van der Waals surface area contributed by atoms with Crippen LogP contribution in [0.2, 0.25) is 5.02 Å². The summed E-state index contributed by atoms with van der Waals surface area (Å²) in [4.78, 5) is 12.8. The number of hydrogen-bond acceptors (Lipinski definition) is 4. The molecule has 0 atom stereocenters. The molecule has 0 fully saturated rings. The van der Waals surface area contributed by atoms with Gasteiger partial charge < -0.3 is 4.74 Å². The van der Waals surface area contributed by atoms with Crippen LogP contribution in [0.1, 0.15) is 0 Å². The van der Waals surface area contributed by atoms with E-state index in [1.807, 2.05) is 24.3 Å². The van der Waals surface area contributed by atoms with Gasteiger partial charge in [0.2, 0.25) is 0 Å². The van der Waals surface area contributed by atoms with E-state index < -0.39 is 0 Å². The molecule has 2 aromatic rings. The van der Waals surface area contributed by atoms with E-state index in [1.165, 1.54) is 18.0 Å². The second-order valence-electron chi connectivity index (χ2n) is 3.15. The molecule has 4 nitrogen and oxygen atoms in total. The lowest BCUT2D eigenvalue weighted by molar-refractivity contribution is 0.414. The van der Waals surface area contributed by atoms with Crippen LogP contribution in [0.3, 0.4) is 0 Å². The number of aromatic nitrogens is 2. The van der Waals surface area contributed by atoms with E-state index in [0.717, 1.165) is 10.6 Å². The van der Waals surface area contributed by atoms with Crippen LogP contribution in [0.25, 0.3) is 0 Å². The van der Waals surface area contributed by atoms with Crippen LogP contribution in [0.5, 0.6) is 5.75 Å². The number of rotatable bonds is 3. The van der Waals surface area contributed by atoms with Crippen molar-refractivity contribution in [2.75, 3.05) is 7.11 Å². The molecule has 1 heterocycles. The Morgan fingerprint density at radius 1 is 1.35 bits per heavy atom. The summed E-state index contributed by atoms with van der Waals surface area (Å²) in [6.07, 6.45) is 1.53. The lowest BCUT2D eigenvalue weighted by Gasteiger charge is -2.03. The molecule has 1 aromatic carbocycles. The summed E-state index contributed by atoms with van der Waals surface area (Å²) >= 11 is 7.25. The molecule has 6 heteroatoms. The fraction of sp³-hybridized carbons (Fsp3) is 0.0909. The van der Waals surface area contributed by atoms with E-state index in [2.05, 4.69) is 10.2 Å². The second kappa shape index (κ2) is 5.25. The minimum atomic E-state index is -0.384. The van der Waals surface area contributed by atoms with Gasteiger partial charge in [0.05, 0.1) is 18.2 Å². The topological polar surface area (TPSA) is 55.0 Å². The van der Waals surface area contributed by atoms with Gasteiger partial charge in [-0.15, -0.1) is 0 Å². The predicted molar refractivity (Wildman–Crippen MR) is 67.0 cm³/mol. The molecule has 0 bridgehead atoms. The van der Waals surface area contributed by atoms with Gasteiger partial charge in [-0.25, -0.2) is 5.10 Å². The molecule has 0 unspecified atom stereocenters. The van der Waals surface area contributed by atoms with E-state index >= 15 is 0 Å². The first-order valence-electron chi connectivity index (χ1n) is 4.76. The normalized spacial score (nSPS) is 10.2. The van der Waals surface area contributed by atoms with Crippen molar-refractivity contribution < 1.29 is 4.74 Å². The first-order chi connectivity index (χ1) is 8.20. The molecule has 17 heavy (non-hydrogen) atoms. The van der Waals surface area contributed by atoms with Crippen molar-refractivity contribution in [1.29, 1.82) is 0 Å². The van der Waals surface area contributed by atoms with Crippen LogP contribution in [0.15, 0.2) is 45.0 Å².